The van der Waals surface area contributed by atoms with Crippen LogP contribution in [0.5, 0.6) is 11.5 Å². The molecule has 0 atom stereocenters. The molecule has 1 aliphatic rings. The van der Waals surface area contributed by atoms with Gasteiger partial charge in [0.05, 0.1) is 5.69 Å². The molecule has 2 aromatic carbocycles. The topological polar surface area (TPSA) is 59.6 Å². The summed E-state index contributed by atoms with van der Waals surface area (Å²) < 4.78 is 63.5. The van der Waals surface area contributed by atoms with Gasteiger partial charge in [0.2, 0.25) is 0 Å². The molecule has 1 aliphatic heterocycles. The summed E-state index contributed by atoms with van der Waals surface area (Å²) in [5.41, 5.74) is -0.366. The number of rotatable bonds is 2. The van der Waals surface area contributed by atoms with Crippen LogP contribution in [0.2, 0.25) is 5.02 Å². The first-order valence-corrected chi connectivity index (χ1v) is 7.16. The van der Waals surface area contributed by atoms with Crippen LogP contribution in [0.3, 0.4) is 0 Å². The van der Waals surface area contributed by atoms with E-state index < -0.39 is 23.9 Å². The molecule has 0 unspecified atom stereocenters. The molecular weight excluding hydrogens is 368 g/mol. The second kappa shape index (κ2) is 5.99. The van der Waals surface area contributed by atoms with Gasteiger partial charge in [-0.25, -0.2) is 9.18 Å². The lowest BCUT2D eigenvalue weighted by Crippen LogP contribution is -2.65. The molecule has 5 nitrogen and oxygen atoms in total. The number of halogens is 5. The highest BCUT2D eigenvalue weighted by Gasteiger charge is 2.65. The third kappa shape index (κ3) is 3.27. The maximum absolute atomic E-state index is 13.7. The number of hydrogen-bond acceptors (Lipinski definition) is 3. The van der Waals surface area contributed by atoms with Gasteiger partial charge in [-0.15, -0.1) is 0 Å². The van der Waals surface area contributed by atoms with E-state index in [9.17, 15) is 22.4 Å². The van der Waals surface area contributed by atoms with Crippen molar-refractivity contribution in [3.8, 4) is 11.5 Å². The van der Waals surface area contributed by atoms with Crippen LogP contribution >= 0.6 is 11.6 Å². The summed E-state index contributed by atoms with van der Waals surface area (Å²) in [6.45, 7) is 0. The Bertz CT molecular complexity index is 804. The number of fused-ring (bicyclic) bond motifs is 1. The van der Waals surface area contributed by atoms with Gasteiger partial charge in [0, 0.05) is 5.02 Å². The van der Waals surface area contributed by atoms with Crippen molar-refractivity contribution in [1.29, 1.82) is 0 Å². The van der Waals surface area contributed by atoms with E-state index in [0.717, 1.165) is 12.1 Å². The highest BCUT2D eigenvalue weighted by molar-refractivity contribution is 6.30. The zero-order chi connectivity index (χ0) is 18.2. The average Bonchev–Trinajstić information content (AvgIpc) is 2.89. The number of urea groups is 1. The number of nitrogens with one attached hydrogen (secondary N) is 2. The van der Waals surface area contributed by atoms with Crippen molar-refractivity contribution in [1.82, 2.24) is 5.32 Å². The minimum Gasteiger partial charge on any atom is -0.424 e. The van der Waals surface area contributed by atoms with Gasteiger partial charge in [-0.2, -0.15) is 13.2 Å². The van der Waals surface area contributed by atoms with Crippen LogP contribution in [0, 0.1) is 5.82 Å². The number of carbonyl (C=O) groups excluding carboxylic acids is 1. The maximum atomic E-state index is 13.7. The fourth-order valence-electron chi connectivity index (χ4n) is 2.08. The SMILES string of the molecule is O=C(Nc1ccc(Cl)cc1F)NC1(C(F)(F)F)Oc2ccccc2O1. The quantitative estimate of drug-likeness (QED) is 0.769. The first kappa shape index (κ1) is 17.2. The van der Waals surface area contributed by atoms with Gasteiger partial charge >= 0.3 is 18.1 Å². The van der Waals surface area contributed by atoms with Crippen LogP contribution in [0.4, 0.5) is 28.0 Å². The Kier molecular flexibility index (Phi) is 4.11. The smallest absolute Gasteiger partial charge is 0.424 e. The number of amides is 2. The molecule has 0 radical (unpaired) electrons. The lowest BCUT2D eigenvalue weighted by Gasteiger charge is -2.29. The third-order valence-electron chi connectivity index (χ3n) is 3.19. The number of ether oxygens (including phenoxy) is 2. The highest BCUT2D eigenvalue weighted by atomic mass is 35.5. The van der Waals surface area contributed by atoms with Gasteiger partial charge < -0.3 is 14.8 Å². The number of hydrogen-bond donors (Lipinski definition) is 2. The molecule has 2 aromatic rings. The van der Waals surface area contributed by atoms with Crippen molar-refractivity contribution in [2.75, 3.05) is 5.32 Å². The Morgan fingerprint density at radius 1 is 1.08 bits per heavy atom. The molecule has 10 heteroatoms. The van der Waals surface area contributed by atoms with Gasteiger partial charge in [0.1, 0.15) is 5.82 Å². The lowest BCUT2D eigenvalue weighted by molar-refractivity contribution is -0.317. The summed E-state index contributed by atoms with van der Waals surface area (Å²) in [5.74, 6) is -4.74. The monoisotopic (exact) mass is 376 g/mol. The third-order valence-corrected chi connectivity index (χ3v) is 3.42. The summed E-state index contributed by atoms with van der Waals surface area (Å²) >= 11 is 5.57. The first-order valence-electron chi connectivity index (χ1n) is 6.78. The van der Waals surface area contributed by atoms with Gasteiger partial charge in [-0.3, -0.25) is 5.32 Å². The zero-order valence-electron chi connectivity index (χ0n) is 12.2. The summed E-state index contributed by atoms with van der Waals surface area (Å²) in [5, 5.41) is 3.56. The zero-order valence-corrected chi connectivity index (χ0v) is 12.9. The predicted octanol–water partition coefficient (Wildman–Crippen LogP) is 4.29. The molecule has 1 heterocycles. The fourth-order valence-corrected chi connectivity index (χ4v) is 2.24. The average molecular weight is 377 g/mol. The Morgan fingerprint density at radius 3 is 2.20 bits per heavy atom. The molecule has 0 saturated heterocycles. The van der Waals surface area contributed by atoms with Gasteiger partial charge in [0.15, 0.2) is 11.5 Å². The molecule has 2 amide bonds. The van der Waals surface area contributed by atoms with E-state index in [-0.39, 0.29) is 22.2 Å². The van der Waals surface area contributed by atoms with Crippen LogP contribution < -0.4 is 20.1 Å². The Labute approximate surface area is 143 Å². The van der Waals surface area contributed by atoms with Crippen molar-refractivity contribution in [3.05, 3.63) is 53.3 Å². The normalized spacial score (nSPS) is 14.9. The number of para-hydroxylation sites is 2. The van der Waals surface area contributed by atoms with E-state index in [4.69, 9.17) is 21.1 Å². The van der Waals surface area contributed by atoms with Crippen molar-refractivity contribution < 1.29 is 31.8 Å². The molecule has 25 heavy (non-hydrogen) atoms. The largest absolute Gasteiger partial charge is 0.492 e. The number of carbonyl (C=O) groups is 1. The molecule has 0 aliphatic carbocycles. The summed E-state index contributed by atoms with van der Waals surface area (Å²) in [6.07, 6.45) is -5.11. The molecule has 0 spiro atoms. The maximum Gasteiger partial charge on any atom is 0.492 e. The Hall–Kier alpha value is -2.68. The van der Waals surface area contributed by atoms with Gasteiger partial charge in [-0.05, 0) is 30.3 Å². The van der Waals surface area contributed by atoms with Crippen LogP contribution in [0.1, 0.15) is 0 Å². The summed E-state index contributed by atoms with van der Waals surface area (Å²) in [7, 11) is 0. The molecule has 2 N–H and O–H groups in total. The van der Waals surface area contributed by atoms with E-state index in [2.05, 4.69) is 0 Å². The van der Waals surface area contributed by atoms with Crippen LogP contribution in [0.25, 0.3) is 0 Å². The Balaban J connectivity index is 1.82. The second-order valence-corrected chi connectivity index (χ2v) is 5.40. The number of anilines is 1. The van der Waals surface area contributed by atoms with Gasteiger partial charge in [0.25, 0.3) is 0 Å². The van der Waals surface area contributed by atoms with Crippen molar-refractivity contribution >= 4 is 23.3 Å². The van der Waals surface area contributed by atoms with E-state index in [1.165, 1.54) is 30.3 Å². The minimum absolute atomic E-state index is 0.0631. The molecule has 3 rings (SSSR count). The van der Waals surface area contributed by atoms with Crippen molar-refractivity contribution in [3.63, 3.8) is 0 Å². The second-order valence-electron chi connectivity index (χ2n) is 4.97. The van der Waals surface area contributed by atoms with Crippen LogP contribution in [-0.2, 0) is 0 Å². The molecule has 0 fully saturated rings. The highest BCUT2D eigenvalue weighted by Crippen LogP contribution is 2.44. The lowest BCUT2D eigenvalue weighted by atomic mass is 10.3. The Morgan fingerprint density at radius 2 is 1.68 bits per heavy atom. The van der Waals surface area contributed by atoms with Crippen molar-refractivity contribution in [2.24, 2.45) is 0 Å². The number of benzene rings is 2. The van der Waals surface area contributed by atoms with E-state index in [1.807, 2.05) is 5.32 Å². The van der Waals surface area contributed by atoms with E-state index in [0.29, 0.717) is 0 Å². The summed E-state index contributed by atoms with van der Waals surface area (Å²) in [6, 6.07) is 7.26. The molecule has 0 aromatic heterocycles. The van der Waals surface area contributed by atoms with E-state index in [1.54, 1.807) is 5.32 Å². The van der Waals surface area contributed by atoms with Crippen molar-refractivity contribution in [2.45, 2.75) is 12.1 Å². The molecule has 0 saturated carbocycles. The predicted molar refractivity (Wildman–Crippen MR) is 80.0 cm³/mol. The standard InChI is InChI=1S/C15H9ClF4N2O3/c16-8-5-6-10(9(17)7-8)21-13(23)22-15(14(18,19)20)24-11-3-1-2-4-12(11)25-15/h1-7H,(H2,21,22,23). The first-order chi connectivity index (χ1) is 11.7. The number of alkyl halides is 3. The minimum atomic E-state index is -5.11. The molecule has 0 bridgehead atoms. The summed E-state index contributed by atoms with van der Waals surface area (Å²) in [4.78, 5) is 11.9. The van der Waals surface area contributed by atoms with E-state index >= 15 is 0 Å². The molecule has 132 valence electrons. The van der Waals surface area contributed by atoms with Crippen LogP contribution in [0.15, 0.2) is 42.5 Å². The van der Waals surface area contributed by atoms with Crippen LogP contribution in [-0.4, -0.2) is 18.1 Å². The fraction of sp³-hybridized carbons (Fsp3) is 0.133. The van der Waals surface area contributed by atoms with Gasteiger partial charge in [-0.1, -0.05) is 23.7 Å². The molecular formula is C15H9ClF4N2O3.